The second-order valence-corrected chi connectivity index (χ2v) is 3.22. The van der Waals surface area contributed by atoms with Crippen LogP contribution in [0.4, 0.5) is 0 Å². The van der Waals surface area contributed by atoms with Crippen molar-refractivity contribution in [2.45, 2.75) is 19.8 Å². The van der Waals surface area contributed by atoms with Crippen LogP contribution < -0.4 is 0 Å². The molecule has 0 unspecified atom stereocenters. The molecule has 0 spiro atoms. The molecule has 2 rings (SSSR count). The second-order valence-electron chi connectivity index (χ2n) is 3.22. The van der Waals surface area contributed by atoms with Crippen LogP contribution in [0, 0.1) is 6.08 Å². The van der Waals surface area contributed by atoms with Gasteiger partial charge in [-0.1, -0.05) is 42.3 Å². The third kappa shape index (κ3) is 7.62. The SMILES string of the molecule is C=O.C=O.C=O.CCc1ccccc1C1=CC[C-]=C1.[Fe]. The summed E-state index contributed by atoms with van der Waals surface area (Å²) in [5, 5.41) is 0. The minimum Gasteiger partial charge on any atom is -0.307 e. The maximum atomic E-state index is 8.00. The molecule has 3 nitrogen and oxygen atoms in total. The van der Waals surface area contributed by atoms with Crippen LogP contribution >= 0.6 is 0 Å². The smallest absolute Gasteiger partial charge is 0.106 e. The quantitative estimate of drug-likeness (QED) is 0.623. The summed E-state index contributed by atoms with van der Waals surface area (Å²) >= 11 is 0. The summed E-state index contributed by atoms with van der Waals surface area (Å²) in [6.45, 7) is 8.20. The summed E-state index contributed by atoms with van der Waals surface area (Å²) in [6.07, 6.45) is 9.59. The van der Waals surface area contributed by atoms with E-state index < -0.39 is 0 Å². The van der Waals surface area contributed by atoms with Gasteiger partial charge >= 0.3 is 0 Å². The van der Waals surface area contributed by atoms with Crippen LogP contribution in [0.2, 0.25) is 0 Å². The van der Waals surface area contributed by atoms with Crippen LogP contribution in [0.15, 0.2) is 36.4 Å². The van der Waals surface area contributed by atoms with E-state index in [0.29, 0.717) is 0 Å². The van der Waals surface area contributed by atoms with Crippen molar-refractivity contribution >= 4 is 25.9 Å². The molecule has 0 saturated heterocycles. The Hall–Kier alpha value is -1.77. The zero-order valence-electron chi connectivity index (χ0n) is 11.6. The number of hydrogen-bond donors (Lipinski definition) is 0. The molecule has 0 saturated carbocycles. The Morgan fingerprint density at radius 3 is 2.05 bits per heavy atom. The summed E-state index contributed by atoms with van der Waals surface area (Å²) in [5.41, 5.74) is 4.13. The van der Waals surface area contributed by atoms with Gasteiger partial charge in [0.15, 0.2) is 0 Å². The molecular weight excluding hydrogens is 296 g/mol. The molecule has 0 aromatic heterocycles. The molecule has 0 heterocycles. The predicted molar refractivity (Wildman–Crippen MR) is 77.6 cm³/mol. The van der Waals surface area contributed by atoms with Crippen molar-refractivity contribution < 1.29 is 31.5 Å². The molecule has 0 amide bonds. The Morgan fingerprint density at radius 1 is 1.05 bits per heavy atom. The molecule has 0 bridgehead atoms. The first-order valence-corrected chi connectivity index (χ1v) is 5.63. The van der Waals surface area contributed by atoms with Crippen LogP contribution in [0.5, 0.6) is 0 Å². The number of carbonyl (C=O) groups is 3. The Kier molecular flexibility index (Phi) is 20.1. The fraction of sp³-hybridized carbons (Fsp3) is 0.188. The summed E-state index contributed by atoms with van der Waals surface area (Å²) in [5.74, 6) is 0. The minimum absolute atomic E-state index is 0. The first kappa shape index (κ1) is 23.3. The number of allylic oxidation sites excluding steroid dienone is 4. The van der Waals surface area contributed by atoms with E-state index in [4.69, 9.17) is 14.4 Å². The van der Waals surface area contributed by atoms with Crippen LogP contribution in [0.1, 0.15) is 24.5 Å². The van der Waals surface area contributed by atoms with E-state index in [1.807, 2.05) is 20.4 Å². The maximum Gasteiger partial charge on any atom is 0.106 e. The van der Waals surface area contributed by atoms with Crippen LogP contribution in [0.3, 0.4) is 0 Å². The Morgan fingerprint density at radius 2 is 1.60 bits per heavy atom. The van der Waals surface area contributed by atoms with Crippen LogP contribution in [-0.2, 0) is 37.9 Å². The average molecular weight is 315 g/mol. The molecule has 0 fully saturated rings. The number of aryl methyl sites for hydroxylation is 1. The summed E-state index contributed by atoms with van der Waals surface area (Å²) in [6, 6.07) is 8.59. The van der Waals surface area contributed by atoms with E-state index in [1.165, 1.54) is 16.7 Å². The van der Waals surface area contributed by atoms with Crippen molar-refractivity contribution in [1.82, 2.24) is 0 Å². The first-order valence-electron chi connectivity index (χ1n) is 5.63. The average Bonchev–Trinajstić information content (AvgIpc) is 3.07. The van der Waals surface area contributed by atoms with Gasteiger partial charge in [-0.15, -0.1) is 6.42 Å². The van der Waals surface area contributed by atoms with Gasteiger partial charge < -0.3 is 14.4 Å². The number of carbonyl (C=O) groups excluding carboxylic acids is 3. The van der Waals surface area contributed by atoms with E-state index in [-0.39, 0.29) is 17.1 Å². The molecule has 1 aromatic carbocycles. The third-order valence-electron chi connectivity index (χ3n) is 2.41. The van der Waals surface area contributed by atoms with Gasteiger partial charge in [0, 0.05) is 17.1 Å². The maximum absolute atomic E-state index is 8.00. The fourth-order valence-corrected chi connectivity index (χ4v) is 1.69. The molecule has 0 atom stereocenters. The molecule has 0 N–H and O–H groups in total. The van der Waals surface area contributed by atoms with E-state index in [2.05, 4.69) is 49.4 Å². The van der Waals surface area contributed by atoms with Gasteiger partial charge in [-0.2, -0.15) is 11.6 Å². The minimum atomic E-state index is 0. The Bertz CT molecular complexity index is 409. The molecule has 1 aliphatic rings. The molecule has 4 heteroatoms. The topological polar surface area (TPSA) is 51.2 Å². The van der Waals surface area contributed by atoms with Crippen molar-refractivity contribution in [3.63, 3.8) is 0 Å². The fourth-order valence-electron chi connectivity index (χ4n) is 1.69. The largest absolute Gasteiger partial charge is 0.307 e. The van der Waals surface area contributed by atoms with Crippen molar-refractivity contribution in [2.24, 2.45) is 0 Å². The normalized spacial score (nSPS) is 10.2. The van der Waals surface area contributed by atoms with Gasteiger partial charge in [-0.3, -0.25) is 6.08 Å². The van der Waals surface area contributed by atoms with E-state index in [9.17, 15) is 0 Å². The number of rotatable bonds is 2. The van der Waals surface area contributed by atoms with Crippen molar-refractivity contribution in [1.29, 1.82) is 0 Å². The molecule has 20 heavy (non-hydrogen) atoms. The van der Waals surface area contributed by atoms with Gasteiger partial charge in [0.05, 0.1) is 0 Å². The summed E-state index contributed by atoms with van der Waals surface area (Å²) in [7, 11) is 0. The van der Waals surface area contributed by atoms with Crippen molar-refractivity contribution in [3.05, 3.63) is 53.6 Å². The van der Waals surface area contributed by atoms with E-state index in [0.717, 1.165) is 12.8 Å². The monoisotopic (exact) mass is 315 g/mol. The molecule has 1 aliphatic carbocycles. The first-order chi connectivity index (χ1) is 9.42. The Labute approximate surface area is 131 Å². The summed E-state index contributed by atoms with van der Waals surface area (Å²) < 4.78 is 0. The standard InChI is InChI=1S/C13H13.3CH2O.Fe/c1-2-11-7-5-6-10-13(11)12-8-3-4-9-12;3*1-2;/h5-10H,2-3H2,1H3;3*1H2;/q-1;;;;. The molecule has 110 valence electrons. The second kappa shape index (κ2) is 17.2. The third-order valence-corrected chi connectivity index (χ3v) is 2.41. The van der Waals surface area contributed by atoms with Gasteiger partial charge in [-0.05, 0) is 6.42 Å². The van der Waals surface area contributed by atoms with E-state index in [1.54, 1.807) is 0 Å². The van der Waals surface area contributed by atoms with Gasteiger partial charge in [0.25, 0.3) is 0 Å². The number of hydrogen-bond acceptors (Lipinski definition) is 3. The summed E-state index contributed by atoms with van der Waals surface area (Å²) in [4.78, 5) is 24.0. The van der Waals surface area contributed by atoms with Crippen LogP contribution in [-0.4, -0.2) is 20.4 Å². The van der Waals surface area contributed by atoms with Crippen molar-refractivity contribution in [3.8, 4) is 0 Å². The van der Waals surface area contributed by atoms with Gasteiger partial charge in [0.2, 0.25) is 0 Å². The zero-order valence-corrected chi connectivity index (χ0v) is 12.7. The molecule has 1 aromatic rings. The molecular formula is C16H19FeO3-. The molecule has 0 aliphatic heterocycles. The number of benzene rings is 1. The van der Waals surface area contributed by atoms with E-state index >= 15 is 0 Å². The molecule has 0 radical (unpaired) electrons. The van der Waals surface area contributed by atoms with Gasteiger partial charge in [0.1, 0.15) is 20.4 Å². The van der Waals surface area contributed by atoms with Gasteiger partial charge in [-0.25, -0.2) is 6.08 Å². The zero-order chi connectivity index (χ0) is 15.1. The van der Waals surface area contributed by atoms with Crippen molar-refractivity contribution in [2.75, 3.05) is 0 Å². The van der Waals surface area contributed by atoms with Crippen LogP contribution in [0.25, 0.3) is 5.57 Å². The predicted octanol–water partition coefficient (Wildman–Crippen LogP) is 2.84. The Balaban J connectivity index is -0.000000368.